The van der Waals surface area contributed by atoms with E-state index in [-0.39, 0.29) is 19.1 Å². The molecule has 176 valence electrons. The molecule has 0 radical (unpaired) electrons. The first-order chi connectivity index (χ1) is 14.7. The van der Waals surface area contributed by atoms with Gasteiger partial charge in [-0.05, 0) is 51.7 Å². The lowest BCUT2D eigenvalue weighted by atomic mass is 10.0. The van der Waals surface area contributed by atoms with Crippen LogP contribution in [0.15, 0.2) is 24.3 Å². The van der Waals surface area contributed by atoms with E-state index in [9.17, 15) is 14.7 Å². The first-order valence-corrected chi connectivity index (χ1v) is 11.6. The minimum Gasteiger partial charge on any atom is -0.464 e. The summed E-state index contributed by atoms with van der Waals surface area (Å²) in [7, 11) is 0. The number of ether oxygens (including phenoxy) is 2. The topological polar surface area (TPSA) is 76.1 Å². The van der Waals surface area contributed by atoms with Crippen LogP contribution in [0.4, 0.5) is 4.79 Å². The number of carbonyl (C=O) groups excluding carboxylic acids is 2. The van der Waals surface area contributed by atoms with Crippen LogP contribution in [0.25, 0.3) is 0 Å². The molecule has 1 N–H and O–H groups in total. The largest absolute Gasteiger partial charge is 0.464 e. The average Bonchev–Trinajstić information content (AvgIpc) is 2.70. The molecule has 0 spiro atoms. The summed E-state index contributed by atoms with van der Waals surface area (Å²) < 4.78 is 10.4. The summed E-state index contributed by atoms with van der Waals surface area (Å²) in [5.41, 5.74) is 1.44. The number of hydrogen-bond donors (Lipinski definition) is 1. The maximum Gasteiger partial charge on any atom is 0.410 e. The third-order valence-corrected chi connectivity index (χ3v) is 4.86. The van der Waals surface area contributed by atoms with E-state index in [4.69, 9.17) is 9.47 Å². The fourth-order valence-corrected chi connectivity index (χ4v) is 3.18. The monoisotopic (exact) mass is 435 g/mol. The number of aliphatic hydroxyl groups excluding tert-OH is 1. The van der Waals surface area contributed by atoms with E-state index in [0.717, 1.165) is 30.4 Å². The minimum absolute atomic E-state index is 0.223. The standard InChI is InChI=1S/C25H41NO5/c1-6-8-9-10-11-17-26(24(29)31-25(3,4)5)18-16-20-12-14-21(15-13-20)19-22(27)23(28)30-7-2/h12-15,22,27H,6-11,16-19H2,1-5H3. The van der Waals surface area contributed by atoms with E-state index >= 15 is 0 Å². The molecule has 0 bridgehead atoms. The highest BCUT2D eigenvalue weighted by atomic mass is 16.6. The summed E-state index contributed by atoms with van der Waals surface area (Å²) >= 11 is 0. The maximum absolute atomic E-state index is 12.6. The van der Waals surface area contributed by atoms with Gasteiger partial charge in [-0.2, -0.15) is 0 Å². The predicted molar refractivity (Wildman–Crippen MR) is 123 cm³/mol. The van der Waals surface area contributed by atoms with Crippen LogP contribution >= 0.6 is 0 Å². The Morgan fingerprint density at radius 2 is 1.58 bits per heavy atom. The molecule has 0 saturated carbocycles. The van der Waals surface area contributed by atoms with Gasteiger partial charge in [0.05, 0.1) is 6.61 Å². The molecule has 1 atom stereocenters. The van der Waals surface area contributed by atoms with Gasteiger partial charge >= 0.3 is 12.1 Å². The van der Waals surface area contributed by atoms with E-state index < -0.39 is 17.7 Å². The molecule has 1 amide bonds. The lowest BCUT2D eigenvalue weighted by Crippen LogP contribution is -2.38. The fourth-order valence-electron chi connectivity index (χ4n) is 3.18. The molecule has 0 fully saturated rings. The first kappa shape index (κ1) is 27.0. The van der Waals surface area contributed by atoms with E-state index in [0.29, 0.717) is 13.1 Å². The molecule has 0 saturated heterocycles. The zero-order chi connectivity index (χ0) is 23.3. The van der Waals surface area contributed by atoms with Gasteiger partial charge < -0.3 is 19.5 Å². The Balaban J connectivity index is 2.62. The van der Waals surface area contributed by atoms with E-state index in [1.54, 1.807) is 11.8 Å². The van der Waals surface area contributed by atoms with Crippen molar-refractivity contribution in [3.8, 4) is 0 Å². The highest BCUT2D eigenvalue weighted by Gasteiger charge is 2.22. The zero-order valence-electron chi connectivity index (χ0n) is 20.0. The van der Waals surface area contributed by atoms with Crippen molar-refractivity contribution in [1.29, 1.82) is 0 Å². The number of nitrogens with zero attached hydrogens (tertiary/aromatic N) is 1. The Labute approximate surface area is 187 Å². The van der Waals surface area contributed by atoms with Crippen LogP contribution in [0.3, 0.4) is 0 Å². The summed E-state index contributed by atoms with van der Waals surface area (Å²) in [6, 6.07) is 7.75. The van der Waals surface area contributed by atoms with Gasteiger partial charge in [0.1, 0.15) is 5.60 Å². The van der Waals surface area contributed by atoms with Crippen molar-refractivity contribution in [2.75, 3.05) is 19.7 Å². The predicted octanol–water partition coefficient (Wildman–Crippen LogP) is 4.90. The van der Waals surface area contributed by atoms with Gasteiger partial charge in [-0.3, -0.25) is 0 Å². The van der Waals surface area contributed by atoms with Crippen LogP contribution in [-0.2, 0) is 27.1 Å². The molecule has 0 aliphatic heterocycles. The number of benzene rings is 1. The zero-order valence-corrected chi connectivity index (χ0v) is 20.0. The number of carbonyl (C=O) groups is 2. The van der Waals surface area contributed by atoms with Crippen LogP contribution in [0.2, 0.25) is 0 Å². The second kappa shape index (κ2) is 14.1. The SMILES string of the molecule is CCCCCCCN(CCc1ccc(CC(O)C(=O)OCC)cc1)C(=O)OC(C)(C)C. The highest BCUT2D eigenvalue weighted by molar-refractivity contribution is 5.74. The Hall–Kier alpha value is -2.08. The molecular formula is C25H41NO5. The third kappa shape index (κ3) is 11.8. The Morgan fingerprint density at radius 3 is 2.16 bits per heavy atom. The van der Waals surface area contributed by atoms with Crippen LogP contribution in [0.5, 0.6) is 0 Å². The number of unbranched alkanes of at least 4 members (excludes halogenated alkanes) is 4. The Kier molecular flexibility index (Phi) is 12.2. The first-order valence-electron chi connectivity index (χ1n) is 11.6. The summed E-state index contributed by atoms with van der Waals surface area (Å²) in [6.45, 7) is 11.1. The molecule has 0 aliphatic rings. The number of rotatable bonds is 13. The second-order valence-electron chi connectivity index (χ2n) is 8.92. The normalized spacial score (nSPS) is 12.3. The van der Waals surface area contributed by atoms with Crippen LogP contribution < -0.4 is 0 Å². The minimum atomic E-state index is -1.15. The number of esters is 1. The lowest BCUT2D eigenvalue weighted by molar-refractivity contribution is -0.152. The van der Waals surface area contributed by atoms with Crippen LogP contribution in [0, 0.1) is 0 Å². The molecule has 1 aromatic carbocycles. The molecule has 6 heteroatoms. The smallest absolute Gasteiger partial charge is 0.410 e. The molecule has 1 unspecified atom stereocenters. The van der Waals surface area contributed by atoms with Gasteiger partial charge in [-0.15, -0.1) is 0 Å². The summed E-state index contributed by atoms with van der Waals surface area (Å²) in [5.74, 6) is -0.599. The maximum atomic E-state index is 12.6. The van der Waals surface area contributed by atoms with Gasteiger partial charge in [0.15, 0.2) is 6.10 Å². The number of hydrogen-bond acceptors (Lipinski definition) is 5. The molecule has 1 rings (SSSR count). The molecule has 0 heterocycles. The molecule has 6 nitrogen and oxygen atoms in total. The molecule has 31 heavy (non-hydrogen) atoms. The second-order valence-corrected chi connectivity index (χ2v) is 8.92. The van der Waals surface area contributed by atoms with Crippen LogP contribution in [-0.4, -0.2) is 53.5 Å². The fraction of sp³-hybridized carbons (Fsp3) is 0.680. The van der Waals surface area contributed by atoms with Crippen molar-refractivity contribution in [1.82, 2.24) is 4.90 Å². The third-order valence-electron chi connectivity index (χ3n) is 4.86. The molecular weight excluding hydrogens is 394 g/mol. The Bertz CT molecular complexity index is 651. The number of aliphatic hydroxyl groups is 1. The van der Waals surface area contributed by atoms with Crippen LogP contribution in [0.1, 0.15) is 77.8 Å². The van der Waals surface area contributed by atoms with Gasteiger partial charge in [0.2, 0.25) is 0 Å². The molecule has 0 aromatic heterocycles. The molecule has 0 aliphatic carbocycles. The Morgan fingerprint density at radius 1 is 0.968 bits per heavy atom. The summed E-state index contributed by atoms with van der Waals surface area (Å²) in [5, 5.41) is 9.91. The summed E-state index contributed by atoms with van der Waals surface area (Å²) in [6.07, 6.45) is 5.23. The van der Waals surface area contributed by atoms with Crippen molar-refractivity contribution in [3.05, 3.63) is 35.4 Å². The lowest BCUT2D eigenvalue weighted by Gasteiger charge is -2.27. The molecule has 1 aromatic rings. The van der Waals surface area contributed by atoms with Gasteiger partial charge in [-0.1, -0.05) is 56.9 Å². The quantitative estimate of drug-likeness (QED) is 0.352. The van der Waals surface area contributed by atoms with Gasteiger partial charge in [0, 0.05) is 19.5 Å². The summed E-state index contributed by atoms with van der Waals surface area (Å²) in [4.78, 5) is 26.0. The van der Waals surface area contributed by atoms with Crippen molar-refractivity contribution in [2.45, 2.75) is 91.3 Å². The highest BCUT2D eigenvalue weighted by Crippen LogP contribution is 2.14. The van der Waals surface area contributed by atoms with E-state index in [1.165, 1.54) is 19.3 Å². The van der Waals surface area contributed by atoms with Crippen molar-refractivity contribution in [3.63, 3.8) is 0 Å². The number of amides is 1. The van der Waals surface area contributed by atoms with Crippen molar-refractivity contribution < 1.29 is 24.2 Å². The van der Waals surface area contributed by atoms with Gasteiger partial charge in [-0.25, -0.2) is 9.59 Å². The van der Waals surface area contributed by atoms with Gasteiger partial charge in [0.25, 0.3) is 0 Å². The average molecular weight is 436 g/mol. The van der Waals surface area contributed by atoms with E-state index in [1.807, 2.05) is 45.0 Å². The van der Waals surface area contributed by atoms with E-state index in [2.05, 4.69) is 6.92 Å². The van der Waals surface area contributed by atoms with Crippen molar-refractivity contribution >= 4 is 12.1 Å². The van der Waals surface area contributed by atoms with Crippen molar-refractivity contribution in [2.24, 2.45) is 0 Å².